The van der Waals surface area contributed by atoms with Gasteiger partial charge in [0.1, 0.15) is 5.82 Å². The van der Waals surface area contributed by atoms with E-state index in [1.165, 1.54) is 12.8 Å². The first-order valence-electron chi connectivity index (χ1n) is 10.6. The summed E-state index contributed by atoms with van der Waals surface area (Å²) >= 11 is 0. The average Bonchev–Trinajstić information content (AvgIpc) is 3.33. The molecule has 29 heavy (non-hydrogen) atoms. The molecular formula is C21H37ClN4O3. The number of likely N-dealkylation sites (tertiary alicyclic amines) is 1. The highest BCUT2D eigenvalue weighted by molar-refractivity contribution is 5.85. The molecule has 0 N–H and O–H groups in total. The number of ether oxygens (including phenoxy) is 1. The first-order chi connectivity index (χ1) is 13.5. The fraction of sp³-hybridized carbons (Fsp3) is 0.762. The minimum atomic E-state index is -0.168. The molecule has 0 radical (unpaired) electrons. The Labute approximate surface area is 181 Å². The lowest BCUT2D eigenvalue weighted by atomic mass is 10.2. The Balaban J connectivity index is 0.00000420. The number of halogens is 1. The Kier molecular flexibility index (Phi) is 11.9. The van der Waals surface area contributed by atoms with Crippen molar-refractivity contribution in [2.24, 2.45) is 0 Å². The van der Waals surface area contributed by atoms with Gasteiger partial charge >= 0.3 is 5.97 Å². The van der Waals surface area contributed by atoms with Gasteiger partial charge in [0.05, 0.1) is 13.0 Å². The Morgan fingerprint density at radius 3 is 2.72 bits per heavy atom. The summed E-state index contributed by atoms with van der Waals surface area (Å²) in [6.07, 6.45) is 10.4. The number of unbranched alkanes of at least 4 members (excludes halogenated alkanes) is 3. The number of aryl methyl sites for hydroxylation is 2. The van der Waals surface area contributed by atoms with Crippen molar-refractivity contribution in [1.82, 2.24) is 19.4 Å². The molecule has 1 aliphatic rings. The highest BCUT2D eigenvalue weighted by Crippen LogP contribution is 2.15. The predicted molar refractivity (Wildman–Crippen MR) is 116 cm³/mol. The number of esters is 1. The molecule has 0 aliphatic carbocycles. The number of hydrogen-bond acceptors (Lipinski definition) is 5. The fourth-order valence-electron chi connectivity index (χ4n) is 3.54. The van der Waals surface area contributed by atoms with E-state index in [1.807, 2.05) is 15.7 Å². The third-order valence-corrected chi connectivity index (χ3v) is 5.43. The van der Waals surface area contributed by atoms with Crippen LogP contribution in [0.1, 0.15) is 57.7 Å². The number of imidazole rings is 1. The van der Waals surface area contributed by atoms with Gasteiger partial charge in [-0.15, -0.1) is 12.4 Å². The van der Waals surface area contributed by atoms with E-state index >= 15 is 0 Å². The zero-order chi connectivity index (χ0) is 20.4. The molecule has 1 aromatic heterocycles. The van der Waals surface area contributed by atoms with E-state index in [-0.39, 0.29) is 24.3 Å². The molecule has 2 rings (SSSR count). The second-order valence-corrected chi connectivity index (χ2v) is 7.81. The van der Waals surface area contributed by atoms with Crippen molar-refractivity contribution in [2.75, 3.05) is 33.8 Å². The summed E-state index contributed by atoms with van der Waals surface area (Å²) in [4.78, 5) is 32.9. The molecule has 1 amide bonds. The SMILES string of the molecule is CCCCCCOC(=O)CCn1ccnc1CCC(=O)N1CC[C@H](N(C)C)C1.Cl. The highest BCUT2D eigenvalue weighted by atomic mass is 35.5. The number of carbonyl (C=O) groups excluding carboxylic acids is 2. The molecule has 2 heterocycles. The summed E-state index contributed by atoms with van der Waals surface area (Å²) in [7, 11) is 4.12. The number of nitrogens with zero attached hydrogens (tertiary/aromatic N) is 4. The molecule has 0 unspecified atom stereocenters. The van der Waals surface area contributed by atoms with Crippen LogP contribution < -0.4 is 0 Å². The van der Waals surface area contributed by atoms with E-state index in [4.69, 9.17) is 4.74 Å². The number of likely N-dealkylation sites (N-methyl/N-ethyl adjacent to an activating group) is 1. The van der Waals surface area contributed by atoms with Crippen LogP contribution in [0, 0.1) is 0 Å². The van der Waals surface area contributed by atoms with E-state index in [0.717, 1.165) is 38.2 Å². The maximum atomic E-state index is 12.5. The zero-order valence-corrected chi connectivity index (χ0v) is 19.0. The Bertz CT molecular complexity index is 621. The van der Waals surface area contributed by atoms with Gasteiger partial charge in [0, 0.05) is 50.9 Å². The summed E-state index contributed by atoms with van der Waals surface area (Å²) in [5.74, 6) is 0.872. The lowest BCUT2D eigenvalue weighted by Gasteiger charge is -2.20. The Morgan fingerprint density at radius 2 is 2.03 bits per heavy atom. The normalized spacial score (nSPS) is 16.1. The summed E-state index contributed by atoms with van der Waals surface area (Å²) < 4.78 is 7.24. The van der Waals surface area contributed by atoms with Gasteiger partial charge in [-0.05, 0) is 26.9 Å². The molecular weight excluding hydrogens is 392 g/mol. The van der Waals surface area contributed by atoms with Crippen LogP contribution in [0.4, 0.5) is 0 Å². The third-order valence-electron chi connectivity index (χ3n) is 5.43. The first-order valence-corrected chi connectivity index (χ1v) is 10.6. The van der Waals surface area contributed by atoms with Gasteiger partial charge in [-0.25, -0.2) is 4.98 Å². The summed E-state index contributed by atoms with van der Waals surface area (Å²) in [5.41, 5.74) is 0. The van der Waals surface area contributed by atoms with Crippen LogP contribution >= 0.6 is 12.4 Å². The Hall–Kier alpha value is -1.60. The zero-order valence-electron chi connectivity index (χ0n) is 18.1. The van der Waals surface area contributed by atoms with E-state index in [2.05, 4.69) is 30.9 Å². The number of hydrogen-bond donors (Lipinski definition) is 0. The lowest BCUT2D eigenvalue weighted by Crippen LogP contribution is -2.34. The van der Waals surface area contributed by atoms with Crippen LogP contribution in [0.5, 0.6) is 0 Å². The van der Waals surface area contributed by atoms with E-state index in [0.29, 0.717) is 38.5 Å². The Morgan fingerprint density at radius 1 is 1.24 bits per heavy atom. The van der Waals surface area contributed by atoms with Crippen LogP contribution in [0.25, 0.3) is 0 Å². The largest absolute Gasteiger partial charge is 0.466 e. The van der Waals surface area contributed by atoms with E-state index < -0.39 is 0 Å². The van der Waals surface area contributed by atoms with Crippen molar-refractivity contribution in [3.8, 4) is 0 Å². The third kappa shape index (κ3) is 8.74. The smallest absolute Gasteiger partial charge is 0.307 e. The molecule has 166 valence electrons. The maximum Gasteiger partial charge on any atom is 0.307 e. The molecule has 1 saturated heterocycles. The van der Waals surface area contributed by atoms with Gasteiger partial charge in [0.25, 0.3) is 0 Å². The van der Waals surface area contributed by atoms with Crippen LogP contribution in [0.2, 0.25) is 0 Å². The molecule has 0 aromatic carbocycles. The topological polar surface area (TPSA) is 67.7 Å². The van der Waals surface area contributed by atoms with Crippen LogP contribution in [0.3, 0.4) is 0 Å². The number of aromatic nitrogens is 2. The minimum absolute atomic E-state index is 0. The van der Waals surface area contributed by atoms with Crippen molar-refractivity contribution >= 4 is 24.3 Å². The molecule has 0 saturated carbocycles. The quantitative estimate of drug-likeness (QED) is 0.378. The monoisotopic (exact) mass is 428 g/mol. The van der Waals surface area contributed by atoms with Gasteiger partial charge in [0.2, 0.25) is 5.91 Å². The summed E-state index contributed by atoms with van der Waals surface area (Å²) in [6.45, 7) is 4.86. The second kappa shape index (κ2) is 13.6. The molecule has 1 aromatic rings. The number of amides is 1. The molecule has 1 atom stereocenters. The van der Waals surface area contributed by atoms with Crippen LogP contribution in [-0.4, -0.2) is 71.1 Å². The van der Waals surface area contributed by atoms with Crippen molar-refractivity contribution in [2.45, 2.75) is 70.9 Å². The van der Waals surface area contributed by atoms with Crippen molar-refractivity contribution in [3.63, 3.8) is 0 Å². The standard InChI is InChI=1S/C21H36N4O3.ClH/c1-4-5-6-7-16-28-21(27)11-14-24-15-12-22-19(24)8-9-20(26)25-13-10-18(17-25)23(2)3;/h12,15,18H,4-11,13-14,16-17H2,1-3H3;1H/t18-;/m0./s1. The summed E-state index contributed by atoms with van der Waals surface area (Å²) in [5, 5.41) is 0. The van der Waals surface area contributed by atoms with E-state index in [1.54, 1.807) is 6.20 Å². The second-order valence-electron chi connectivity index (χ2n) is 7.81. The molecule has 7 nitrogen and oxygen atoms in total. The van der Waals surface area contributed by atoms with E-state index in [9.17, 15) is 9.59 Å². The molecule has 1 fully saturated rings. The maximum absolute atomic E-state index is 12.5. The van der Waals surface area contributed by atoms with Crippen LogP contribution in [0.15, 0.2) is 12.4 Å². The van der Waals surface area contributed by atoms with Gasteiger partial charge in [-0.1, -0.05) is 26.2 Å². The van der Waals surface area contributed by atoms with Crippen molar-refractivity contribution in [1.29, 1.82) is 0 Å². The molecule has 8 heteroatoms. The lowest BCUT2D eigenvalue weighted by molar-refractivity contribution is -0.144. The number of rotatable bonds is 12. The molecule has 1 aliphatic heterocycles. The van der Waals surface area contributed by atoms with Crippen molar-refractivity contribution < 1.29 is 14.3 Å². The summed E-state index contributed by atoms with van der Waals surface area (Å²) in [6, 6.07) is 0.457. The van der Waals surface area contributed by atoms with Gasteiger partial charge in [0.15, 0.2) is 0 Å². The van der Waals surface area contributed by atoms with Crippen LogP contribution in [-0.2, 0) is 27.3 Å². The fourth-order valence-corrected chi connectivity index (χ4v) is 3.54. The minimum Gasteiger partial charge on any atom is -0.466 e. The van der Waals surface area contributed by atoms with Gasteiger partial charge < -0.3 is 19.1 Å². The average molecular weight is 429 g/mol. The highest BCUT2D eigenvalue weighted by Gasteiger charge is 2.27. The first kappa shape index (κ1) is 25.4. The van der Waals surface area contributed by atoms with Gasteiger partial charge in [-0.2, -0.15) is 0 Å². The van der Waals surface area contributed by atoms with Gasteiger partial charge in [-0.3, -0.25) is 9.59 Å². The van der Waals surface area contributed by atoms with Crippen molar-refractivity contribution in [3.05, 3.63) is 18.2 Å². The predicted octanol–water partition coefficient (Wildman–Crippen LogP) is 2.91. The molecule has 0 spiro atoms. The number of carbonyl (C=O) groups is 2. The molecule has 0 bridgehead atoms.